The van der Waals surface area contributed by atoms with E-state index >= 15 is 0 Å². The first kappa shape index (κ1) is 15.1. The molecule has 1 aromatic heterocycles. The Hall–Kier alpha value is -2.30. The van der Waals surface area contributed by atoms with Crippen molar-refractivity contribution >= 4 is 6.09 Å². The number of imidazole rings is 1. The summed E-state index contributed by atoms with van der Waals surface area (Å²) in [6.07, 6.45) is 3.26. The van der Waals surface area contributed by atoms with Crippen LogP contribution in [0.2, 0.25) is 0 Å². The van der Waals surface area contributed by atoms with Gasteiger partial charge in [-0.2, -0.15) is 0 Å². The lowest BCUT2D eigenvalue weighted by Gasteiger charge is -2.17. The molecule has 1 aromatic carbocycles. The summed E-state index contributed by atoms with van der Waals surface area (Å²) in [6, 6.07) is 10.1. The molecule has 0 aliphatic carbocycles. The minimum Gasteiger partial charge on any atom is -0.440 e. The van der Waals surface area contributed by atoms with E-state index in [1.165, 1.54) is 5.56 Å². The fraction of sp³-hybridized carbons (Fsp3) is 0.375. The van der Waals surface area contributed by atoms with Gasteiger partial charge in [0.05, 0.1) is 18.2 Å². The van der Waals surface area contributed by atoms with Gasteiger partial charge in [0.25, 0.3) is 0 Å². The number of aromatic amines is 1. The normalized spacial score (nSPS) is 13.4. The molecule has 1 heterocycles. The molecule has 0 bridgehead atoms. The molecule has 1 amide bonds. The van der Waals surface area contributed by atoms with Crippen LogP contribution < -0.4 is 5.32 Å². The fourth-order valence-electron chi connectivity index (χ4n) is 2.12. The number of hydrogen-bond donors (Lipinski definition) is 2. The Bertz CT molecular complexity index is 540. The van der Waals surface area contributed by atoms with Crippen molar-refractivity contribution in [3.63, 3.8) is 0 Å². The van der Waals surface area contributed by atoms with E-state index in [2.05, 4.69) is 34.3 Å². The summed E-state index contributed by atoms with van der Waals surface area (Å²) in [5, 5.41) is 2.81. The highest BCUT2D eigenvalue weighted by Crippen LogP contribution is 2.18. The lowest BCUT2D eigenvalue weighted by atomic mass is 10.0. The van der Waals surface area contributed by atoms with Crippen molar-refractivity contribution in [3.05, 3.63) is 54.1 Å². The highest BCUT2D eigenvalue weighted by Gasteiger charge is 2.16. The summed E-state index contributed by atoms with van der Waals surface area (Å²) < 4.78 is 5.41. The van der Waals surface area contributed by atoms with Gasteiger partial charge in [-0.1, -0.05) is 44.2 Å². The van der Waals surface area contributed by atoms with E-state index in [0.717, 1.165) is 5.69 Å². The molecule has 0 aliphatic heterocycles. The third kappa shape index (κ3) is 4.34. The zero-order valence-electron chi connectivity index (χ0n) is 12.4. The Balaban J connectivity index is 1.82. The third-order valence-corrected chi connectivity index (χ3v) is 3.41. The maximum atomic E-state index is 11.9. The minimum absolute atomic E-state index is 0.242. The molecule has 112 valence electrons. The molecule has 5 heteroatoms. The number of nitrogens with zero attached hydrogens (tertiary/aromatic N) is 1. The number of ether oxygens (including phenoxy) is 1. The molecule has 2 N–H and O–H groups in total. The summed E-state index contributed by atoms with van der Waals surface area (Å²) in [7, 11) is 0. The first-order chi connectivity index (χ1) is 10.2. The molecule has 0 saturated heterocycles. The Morgan fingerprint density at radius 2 is 2.14 bits per heavy atom. The minimum atomic E-state index is -0.403. The number of carbonyl (C=O) groups is 1. The lowest BCUT2D eigenvalue weighted by molar-refractivity contribution is 0.0928. The second-order valence-corrected chi connectivity index (χ2v) is 5.00. The highest BCUT2D eigenvalue weighted by molar-refractivity contribution is 5.67. The van der Waals surface area contributed by atoms with Crippen LogP contribution in [0.3, 0.4) is 0 Å². The molecule has 0 fully saturated rings. The van der Waals surface area contributed by atoms with E-state index in [4.69, 9.17) is 4.74 Å². The Morgan fingerprint density at radius 3 is 2.76 bits per heavy atom. The van der Waals surface area contributed by atoms with E-state index in [1.54, 1.807) is 12.5 Å². The Kier molecular flexibility index (Phi) is 5.37. The average Bonchev–Trinajstić information content (AvgIpc) is 3.05. The smallest absolute Gasteiger partial charge is 0.407 e. The summed E-state index contributed by atoms with van der Waals surface area (Å²) in [5.74, 6) is 0.242. The zero-order valence-corrected chi connectivity index (χ0v) is 12.4. The number of carbonyl (C=O) groups excluding carboxylic acids is 1. The summed E-state index contributed by atoms with van der Waals surface area (Å²) in [5.41, 5.74) is 2.00. The van der Waals surface area contributed by atoms with E-state index in [9.17, 15) is 4.79 Å². The molecule has 5 nitrogen and oxygen atoms in total. The number of rotatable bonds is 6. The number of benzene rings is 1. The van der Waals surface area contributed by atoms with E-state index in [1.807, 2.05) is 25.1 Å². The molecular formula is C16H21N3O2. The molecular weight excluding hydrogens is 266 g/mol. The van der Waals surface area contributed by atoms with Crippen LogP contribution in [0.25, 0.3) is 0 Å². The van der Waals surface area contributed by atoms with Crippen LogP contribution >= 0.6 is 0 Å². The number of amides is 1. The van der Waals surface area contributed by atoms with Crippen molar-refractivity contribution in [2.45, 2.75) is 32.3 Å². The SMILES string of the molecule is CCC(OC(=O)NCC(C)c1ccccc1)c1cnc[nH]1. The monoisotopic (exact) mass is 287 g/mol. The van der Waals surface area contributed by atoms with E-state index in [0.29, 0.717) is 13.0 Å². The van der Waals surface area contributed by atoms with Gasteiger partial charge in [0.2, 0.25) is 0 Å². The predicted molar refractivity (Wildman–Crippen MR) is 81.0 cm³/mol. The van der Waals surface area contributed by atoms with Crippen molar-refractivity contribution in [1.29, 1.82) is 0 Å². The molecule has 2 atom stereocenters. The van der Waals surface area contributed by atoms with Gasteiger partial charge in [0, 0.05) is 6.54 Å². The van der Waals surface area contributed by atoms with Crippen LogP contribution in [-0.2, 0) is 4.74 Å². The second-order valence-electron chi connectivity index (χ2n) is 5.00. The van der Waals surface area contributed by atoms with E-state index in [-0.39, 0.29) is 12.0 Å². The van der Waals surface area contributed by atoms with Gasteiger partial charge in [-0.3, -0.25) is 0 Å². The molecule has 0 saturated carbocycles. The molecule has 0 spiro atoms. The second kappa shape index (κ2) is 7.47. The van der Waals surface area contributed by atoms with Gasteiger partial charge in [0.15, 0.2) is 0 Å². The maximum absolute atomic E-state index is 11.9. The van der Waals surface area contributed by atoms with Crippen molar-refractivity contribution in [1.82, 2.24) is 15.3 Å². The van der Waals surface area contributed by atoms with Crippen LogP contribution in [0.1, 0.15) is 43.5 Å². The summed E-state index contributed by atoms with van der Waals surface area (Å²) >= 11 is 0. The lowest BCUT2D eigenvalue weighted by Crippen LogP contribution is -2.29. The molecule has 0 aliphatic rings. The van der Waals surface area contributed by atoms with Gasteiger partial charge in [-0.05, 0) is 17.9 Å². The standard InChI is InChI=1S/C16H21N3O2/c1-3-15(14-10-17-11-19-14)21-16(20)18-9-12(2)13-7-5-4-6-8-13/h4-8,10-12,15H,3,9H2,1-2H3,(H,17,19)(H,18,20). The third-order valence-electron chi connectivity index (χ3n) is 3.41. The van der Waals surface area contributed by atoms with Gasteiger partial charge in [-0.15, -0.1) is 0 Å². The van der Waals surface area contributed by atoms with Crippen LogP contribution in [0, 0.1) is 0 Å². The number of aromatic nitrogens is 2. The van der Waals surface area contributed by atoms with Crippen molar-refractivity contribution in [2.75, 3.05) is 6.54 Å². The molecule has 2 rings (SSSR count). The number of hydrogen-bond acceptors (Lipinski definition) is 3. The van der Waals surface area contributed by atoms with Crippen molar-refractivity contribution < 1.29 is 9.53 Å². The zero-order chi connectivity index (χ0) is 15.1. The summed E-state index contributed by atoms with van der Waals surface area (Å²) in [6.45, 7) is 4.58. The molecule has 21 heavy (non-hydrogen) atoms. The van der Waals surface area contributed by atoms with Crippen LogP contribution in [0.15, 0.2) is 42.9 Å². The van der Waals surface area contributed by atoms with Crippen LogP contribution in [0.4, 0.5) is 4.79 Å². The highest BCUT2D eigenvalue weighted by atomic mass is 16.6. The quantitative estimate of drug-likeness (QED) is 0.855. The van der Waals surface area contributed by atoms with Crippen molar-refractivity contribution in [2.24, 2.45) is 0 Å². The topological polar surface area (TPSA) is 67.0 Å². The van der Waals surface area contributed by atoms with Gasteiger partial charge < -0.3 is 15.0 Å². The molecule has 2 aromatic rings. The van der Waals surface area contributed by atoms with Crippen LogP contribution in [0.5, 0.6) is 0 Å². The van der Waals surface area contributed by atoms with Crippen molar-refractivity contribution in [3.8, 4) is 0 Å². The number of alkyl carbamates (subject to hydrolysis) is 1. The van der Waals surface area contributed by atoms with Crippen LogP contribution in [-0.4, -0.2) is 22.6 Å². The van der Waals surface area contributed by atoms with Gasteiger partial charge >= 0.3 is 6.09 Å². The molecule has 2 unspecified atom stereocenters. The first-order valence-corrected chi connectivity index (χ1v) is 7.18. The maximum Gasteiger partial charge on any atom is 0.407 e. The predicted octanol–water partition coefficient (Wildman–Crippen LogP) is 3.39. The number of nitrogens with one attached hydrogen (secondary N) is 2. The molecule has 0 radical (unpaired) electrons. The Labute approximate surface area is 124 Å². The van der Waals surface area contributed by atoms with Gasteiger partial charge in [0.1, 0.15) is 6.10 Å². The van der Waals surface area contributed by atoms with E-state index < -0.39 is 6.09 Å². The summed E-state index contributed by atoms with van der Waals surface area (Å²) in [4.78, 5) is 18.8. The first-order valence-electron chi connectivity index (χ1n) is 7.18. The van der Waals surface area contributed by atoms with Gasteiger partial charge in [-0.25, -0.2) is 9.78 Å². The number of H-pyrrole nitrogens is 1. The average molecular weight is 287 g/mol. The largest absolute Gasteiger partial charge is 0.440 e. The fourth-order valence-corrected chi connectivity index (χ4v) is 2.12. The Morgan fingerprint density at radius 1 is 1.38 bits per heavy atom.